The maximum absolute atomic E-state index is 12.6. The predicted molar refractivity (Wildman–Crippen MR) is 90.5 cm³/mol. The molecule has 0 aliphatic carbocycles. The summed E-state index contributed by atoms with van der Waals surface area (Å²) in [7, 11) is -3.25. The van der Waals surface area contributed by atoms with Gasteiger partial charge in [0.05, 0.1) is 33.8 Å². The Morgan fingerprint density at radius 2 is 2.13 bits per heavy atom. The first kappa shape index (κ1) is 16.2. The lowest BCUT2D eigenvalue weighted by molar-refractivity contribution is 0.207. The van der Waals surface area contributed by atoms with Gasteiger partial charge in [0.1, 0.15) is 0 Å². The number of aliphatic hydroxyl groups is 1. The van der Waals surface area contributed by atoms with Crippen molar-refractivity contribution in [2.75, 3.05) is 11.5 Å². The monoisotopic (exact) mass is 352 g/mol. The minimum atomic E-state index is -3.25. The fourth-order valence-corrected chi connectivity index (χ4v) is 6.16. The van der Waals surface area contributed by atoms with E-state index in [1.807, 2.05) is 0 Å². The summed E-state index contributed by atoms with van der Waals surface area (Å²) < 4.78 is 24.8. The highest BCUT2D eigenvalue weighted by Crippen LogP contribution is 2.30. The minimum Gasteiger partial charge on any atom is -0.391 e. The van der Waals surface area contributed by atoms with Gasteiger partial charge in [-0.1, -0.05) is 30.0 Å². The molecule has 1 aromatic carbocycles. The number of hydrogen-bond acceptors (Lipinski definition) is 6. The van der Waals surface area contributed by atoms with Crippen LogP contribution in [0.4, 0.5) is 0 Å². The lowest BCUT2D eigenvalue weighted by Crippen LogP contribution is -2.26. The SMILES string of the molecule is C=CCn1c(S[C@H]2CS(=O)(=O)C[C@@H]2O)nc2ccccc2c1=O. The van der Waals surface area contributed by atoms with Gasteiger partial charge in [0.2, 0.25) is 0 Å². The molecule has 122 valence electrons. The van der Waals surface area contributed by atoms with Crippen LogP contribution in [-0.2, 0) is 16.4 Å². The Kier molecular flexibility index (Phi) is 4.31. The van der Waals surface area contributed by atoms with E-state index in [9.17, 15) is 18.3 Å². The summed E-state index contributed by atoms with van der Waals surface area (Å²) in [6, 6.07) is 6.99. The predicted octanol–water partition coefficient (Wildman–Crippen LogP) is 0.832. The molecule has 1 fully saturated rings. The molecule has 0 saturated carbocycles. The molecule has 0 bridgehead atoms. The van der Waals surface area contributed by atoms with Crippen LogP contribution in [0.2, 0.25) is 0 Å². The van der Waals surface area contributed by atoms with Gasteiger partial charge in [-0.3, -0.25) is 9.36 Å². The van der Waals surface area contributed by atoms with Crippen molar-refractivity contribution in [3.05, 3.63) is 47.3 Å². The zero-order valence-electron chi connectivity index (χ0n) is 12.3. The molecule has 2 aromatic rings. The molecule has 6 nitrogen and oxygen atoms in total. The Morgan fingerprint density at radius 1 is 1.39 bits per heavy atom. The van der Waals surface area contributed by atoms with Crippen molar-refractivity contribution in [1.29, 1.82) is 0 Å². The van der Waals surface area contributed by atoms with Gasteiger partial charge in [-0.15, -0.1) is 6.58 Å². The summed E-state index contributed by atoms with van der Waals surface area (Å²) in [5, 5.41) is 10.3. The molecule has 8 heteroatoms. The van der Waals surface area contributed by atoms with Crippen molar-refractivity contribution < 1.29 is 13.5 Å². The van der Waals surface area contributed by atoms with Crippen LogP contribution in [0, 0.1) is 0 Å². The first-order chi connectivity index (χ1) is 10.9. The summed E-state index contributed by atoms with van der Waals surface area (Å²) >= 11 is 1.13. The van der Waals surface area contributed by atoms with E-state index >= 15 is 0 Å². The molecule has 3 rings (SSSR count). The standard InChI is InChI=1S/C15H16N2O4S2/c1-2-7-17-14(19)10-5-3-4-6-11(10)16-15(17)22-13-9-23(20,21)8-12(13)18/h2-6,12-13,18H,1,7-9H2/t12-,13-/m0/s1. The van der Waals surface area contributed by atoms with Gasteiger partial charge in [-0.2, -0.15) is 0 Å². The number of benzene rings is 1. The number of sulfone groups is 1. The molecule has 0 radical (unpaired) electrons. The van der Waals surface area contributed by atoms with Crippen LogP contribution >= 0.6 is 11.8 Å². The van der Waals surface area contributed by atoms with Gasteiger partial charge < -0.3 is 5.11 Å². The zero-order valence-corrected chi connectivity index (χ0v) is 13.9. The molecule has 1 aliphatic heterocycles. The molecular weight excluding hydrogens is 336 g/mol. The molecular formula is C15H16N2O4S2. The van der Waals surface area contributed by atoms with E-state index in [0.717, 1.165) is 11.8 Å². The second-order valence-electron chi connectivity index (χ2n) is 5.42. The topological polar surface area (TPSA) is 89.3 Å². The Balaban J connectivity index is 2.07. The van der Waals surface area contributed by atoms with Gasteiger partial charge >= 0.3 is 0 Å². The quantitative estimate of drug-likeness (QED) is 0.648. The molecule has 2 atom stereocenters. The van der Waals surface area contributed by atoms with E-state index in [1.165, 1.54) is 4.57 Å². The van der Waals surface area contributed by atoms with Crippen molar-refractivity contribution >= 4 is 32.5 Å². The Hall–Kier alpha value is -1.64. The first-order valence-electron chi connectivity index (χ1n) is 7.07. The largest absolute Gasteiger partial charge is 0.391 e. The maximum Gasteiger partial charge on any atom is 0.262 e. The van der Waals surface area contributed by atoms with Crippen LogP contribution < -0.4 is 5.56 Å². The molecule has 1 aromatic heterocycles. The summed E-state index contributed by atoms with van der Waals surface area (Å²) in [5.41, 5.74) is 0.351. The summed E-state index contributed by atoms with van der Waals surface area (Å²) in [5.74, 6) is -0.362. The van der Waals surface area contributed by atoms with E-state index in [-0.39, 0.29) is 23.6 Å². The van der Waals surface area contributed by atoms with Crippen molar-refractivity contribution in [3.63, 3.8) is 0 Å². The first-order valence-corrected chi connectivity index (χ1v) is 9.77. The van der Waals surface area contributed by atoms with E-state index in [0.29, 0.717) is 16.1 Å². The van der Waals surface area contributed by atoms with Crippen LogP contribution in [0.15, 0.2) is 46.9 Å². The second kappa shape index (κ2) is 6.10. The molecule has 1 saturated heterocycles. The lowest BCUT2D eigenvalue weighted by atomic mass is 10.2. The van der Waals surface area contributed by atoms with E-state index in [2.05, 4.69) is 11.6 Å². The summed E-state index contributed by atoms with van der Waals surface area (Å²) in [6.45, 7) is 3.92. The molecule has 0 spiro atoms. The summed E-state index contributed by atoms with van der Waals surface area (Å²) in [6.07, 6.45) is 0.634. The number of nitrogens with zero attached hydrogens (tertiary/aromatic N) is 2. The van der Waals surface area contributed by atoms with Crippen LogP contribution in [0.1, 0.15) is 0 Å². The van der Waals surface area contributed by atoms with Crippen molar-refractivity contribution in [2.45, 2.75) is 23.1 Å². The maximum atomic E-state index is 12.6. The van der Waals surface area contributed by atoms with Crippen LogP contribution in [0.5, 0.6) is 0 Å². The fourth-order valence-electron chi connectivity index (χ4n) is 2.57. The third kappa shape index (κ3) is 3.19. The lowest BCUT2D eigenvalue weighted by Gasteiger charge is -2.16. The van der Waals surface area contributed by atoms with Crippen LogP contribution in [0.25, 0.3) is 10.9 Å². The Labute approximate surface area is 137 Å². The number of aromatic nitrogens is 2. The normalized spacial score (nSPS) is 23.2. The fraction of sp³-hybridized carbons (Fsp3) is 0.333. The Morgan fingerprint density at radius 3 is 2.78 bits per heavy atom. The molecule has 0 amide bonds. The van der Waals surface area contributed by atoms with Gasteiger partial charge in [-0.25, -0.2) is 13.4 Å². The molecule has 1 N–H and O–H groups in total. The highest BCUT2D eigenvalue weighted by atomic mass is 32.2. The van der Waals surface area contributed by atoms with Gasteiger partial charge in [0.25, 0.3) is 5.56 Å². The van der Waals surface area contributed by atoms with Crippen molar-refractivity contribution in [2.24, 2.45) is 0 Å². The van der Waals surface area contributed by atoms with E-state index in [1.54, 1.807) is 30.3 Å². The third-order valence-corrected chi connectivity index (χ3v) is 6.90. The molecule has 2 heterocycles. The number of thioether (sulfide) groups is 1. The van der Waals surface area contributed by atoms with Crippen molar-refractivity contribution in [3.8, 4) is 0 Å². The highest BCUT2D eigenvalue weighted by Gasteiger charge is 2.38. The number of allylic oxidation sites excluding steroid dienone is 1. The second-order valence-corrected chi connectivity index (χ2v) is 8.78. The smallest absolute Gasteiger partial charge is 0.262 e. The van der Waals surface area contributed by atoms with Gasteiger partial charge in [0.15, 0.2) is 15.0 Å². The third-order valence-electron chi connectivity index (χ3n) is 3.67. The van der Waals surface area contributed by atoms with Crippen molar-refractivity contribution in [1.82, 2.24) is 9.55 Å². The van der Waals surface area contributed by atoms with E-state index < -0.39 is 21.2 Å². The molecule has 23 heavy (non-hydrogen) atoms. The van der Waals surface area contributed by atoms with E-state index in [4.69, 9.17) is 0 Å². The average molecular weight is 352 g/mol. The number of rotatable bonds is 4. The number of fused-ring (bicyclic) bond motifs is 1. The zero-order chi connectivity index (χ0) is 16.6. The van der Waals surface area contributed by atoms with Gasteiger partial charge in [0, 0.05) is 6.54 Å². The number of aliphatic hydroxyl groups excluding tert-OH is 1. The van der Waals surface area contributed by atoms with Gasteiger partial charge in [-0.05, 0) is 12.1 Å². The number of hydrogen-bond donors (Lipinski definition) is 1. The summed E-state index contributed by atoms with van der Waals surface area (Å²) in [4.78, 5) is 17.1. The van der Waals surface area contributed by atoms with Crippen LogP contribution in [-0.4, -0.2) is 45.9 Å². The highest BCUT2D eigenvalue weighted by molar-refractivity contribution is 8.01. The van der Waals surface area contributed by atoms with Crippen LogP contribution in [0.3, 0.4) is 0 Å². The molecule has 0 unspecified atom stereocenters. The number of para-hydroxylation sites is 1. The Bertz CT molecular complexity index is 921. The molecule has 1 aliphatic rings. The minimum absolute atomic E-state index is 0.115. The average Bonchev–Trinajstić information content (AvgIpc) is 2.75.